The zero-order valence-electron chi connectivity index (χ0n) is 21.2. The maximum absolute atomic E-state index is 13.9. The fraction of sp³-hybridized carbons (Fsp3) is 0.345. The topological polar surface area (TPSA) is 76.5 Å². The van der Waals surface area contributed by atoms with Crippen molar-refractivity contribution in [2.45, 2.75) is 44.1 Å². The van der Waals surface area contributed by atoms with Gasteiger partial charge in [-0.15, -0.1) is 11.3 Å². The average molecular weight is 533 g/mol. The Morgan fingerprint density at radius 2 is 1.92 bits per heavy atom. The zero-order valence-corrected chi connectivity index (χ0v) is 22.0. The summed E-state index contributed by atoms with van der Waals surface area (Å²) in [5.74, 6) is 0.451. The molecule has 2 fully saturated rings. The summed E-state index contributed by atoms with van der Waals surface area (Å²) in [5.41, 5.74) is 2.20. The van der Waals surface area contributed by atoms with Crippen LogP contribution >= 0.6 is 11.3 Å². The van der Waals surface area contributed by atoms with Crippen LogP contribution in [0.1, 0.15) is 53.5 Å². The molecule has 9 heteroatoms. The molecule has 2 aromatic carbocycles. The molecule has 1 saturated heterocycles. The van der Waals surface area contributed by atoms with Crippen LogP contribution in [-0.2, 0) is 7.05 Å². The minimum Gasteiger partial charge on any atom is -0.410 e. The SMILES string of the molecule is Cn1ccc2c(OC(=O)NC[C@@H]3CCCCN3C(=O)c3nc(C4CC4)sc3-c3ccc(F)cc3)cccc21. The summed E-state index contributed by atoms with van der Waals surface area (Å²) in [6.45, 7) is 0.892. The van der Waals surface area contributed by atoms with Crippen molar-refractivity contribution in [2.24, 2.45) is 7.05 Å². The predicted molar refractivity (Wildman–Crippen MR) is 145 cm³/mol. The Hall–Kier alpha value is -3.72. The van der Waals surface area contributed by atoms with Crippen LogP contribution in [0.2, 0.25) is 0 Å². The highest BCUT2D eigenvalue weighted by Crippen LogP contribution is 2.45. The van der Waals surface area contributed by atoms with E-state index in [4.69, 9.17) is 9.72 Å². The third kappa shape index (κ3) is 4.90. The Labute approximate surface area is 224 Å². The first-order valence-corrected chi connectivity index (χ1v) is 13.9. The lowest BCUT2D eigenvalue weighted by molar-refractivity contribution is 0.0607. The molecule has 6 rings (SSSR count). The van der Waals surface area contributed by atoms with Crippen molar-refractivity contribution in [1.29, 1.82) is 0 Å². The number of thiazole rings is 1. The van der Waals surface area contributed by atoms with Crippen LogP contribution in [0.3, 0.4) is 0 Å². The molecule has 4 aromatic rings. The molecular weight excluding hydrogens is 503 g/mol. The number of likely N-dealkylation sites (tertiary alicyclic amines) is 1. The van der Waals surface area contributed by atoms with E-state index in [2.05, 4.69) is 5.32 Å². The second-order valence-electron chi connectivity index (χ2n) is 10.0. The first kappa shape index (κ1) is 24.6. The molecule has 0 bridgehead atoms. The number of benzene rings is 2. The van der Waals surface area contributed by atoms with Crippen molar-refractivity contribution in [1.82, 2.24) is 19.8 Å². The highest BCUT2D eigenvalue weighted by molar-refractivity contribution is 7.15. The third-order valence-corrected chi connectivity index (χ3v) is 8.61. The Kier molecular flexibility index (Phi) is 6.61. The van der Waals surface area contributed by atoms with Crippen molar-refractivity contribution in [3.63, 3.8) is 0 Å². The van der Waals surface area contributed by atoms with Gasteiger partial charge in [-0.05, 0) is 68.0 Å². The number of aryl methyl sites for hydroxylation is 1. The second-order valence-corrected chi connectivity index (χ2v) is 11.1. The van der Waals surface area contributed by atoms with Crippen LogP contribution in [0.15, 0.2) is 54.7 Å². The van der Waals surface area contributed by atoms with E-state index >= 15 is 0 Å². The van der Waals surface area contributed by atoms with Crippen molar-refractivity contribution < 1.29 is 18.7 Å². The van der Waals surface area contributed by atoms with Gasteiger partial charge < -0.3 is 19.5 Å². The molecule has 0 radical (unpaired) electrons. The summed E-state index contributed by atoms with van der Waals surface area (Å²) in [7, 11) is 1.94. The first-order chi connectivity index (χ1) is 18.5. The second kappa shape index (κ2) is 10.2. The third-order valence-electron chi connectivity index (χ3n) is 7.34. The van der Waals surface area contributed by atoms with Gasteiger partial charge in [0.25, 0.3) is 5.91 Å². The van der Waals surface area contributed by atoms with E-state index in [1.54, 1.807) is 18.2 Å². The lowest BCUT2D eigenvalue weighted by atomic mass is 10.0. The van der Waals surface area contributed by atoms with E-state index in [9.17, 15) is 14.0 Å². The summed E-state index contributed by atoms with van der Waals surface area (Å²) in [4.78, 5) is 34.0. The van der Waals surface area contributed by atoms with E-state index in [1.165, 1.54) is 23.5 Å². The zero-order chi connectivity index (χ0) is 26.2. The smallest absolute Gasteiger partial charge is 0.410 e. The number of carbonyl (C=O) groups excluding carboxylic acids is 2. The number of nitrogens with zero attached hydrogens (tertiary/aromatic N) is 3. The predicted octanol–water partition coefficient (Wildman–Crippen LogP) is 6.10. The summed E-state index contributed by atoms with van der Waals surface area (Å²) < 4.78 is 21.2. The fourth-order valence-electron chi connectivity index (χ4n) is 5.10. The van der Waals surface area contributed by atoms with Gasteiger partial charge in [-0.2, -0.15) is 0 Å². The van der Waals surface area contributed by atoms with Gasteiger partial charge in [0.1, 0.15) is 17.3 Å². The monoisotopic (exact) mass is 532 g/mol. The van der Waals surface area contributed by atoms with Crippen LogP contribution in [0.5, 0.6) is 5.75 Å². The van der Waals surface area contributed by atoms with Crippen LogP contribution in [0, 0.1) is 5.82 Å². The van der Waals surface area contributed by atoms with Crippen molar-refractivity contribution in [2.75, 3.05) is 13.1 Å². The van der Waals surface area contributed by atoms with Gasteiger partial charge in [-0.25, -0.2) is 14.2 Å². The van der Waals surface area contributed by atoms with Crippen LogP contribution < -0.4 is 10.1 Å². The lowest BCUT2D eigenvalue weighted by Crippen LogP contribution is -2.50. The number of fused-ring (bicyclic) bond motifs is 1. The highest BCUT2D eigenvalue weighted by Gasteiger charge is 2.34. The number of amides is 2. The van der Waals surface area contributed by atoms with Crippen LogP contribution in [-0.4, -0.2) is 45.6 Å². The normalized spacial score (nSPS) is 17.5. The molecule has 2 aliphatic rings. The summed E-state index contributed by atoms with van der Waals surface area (Å²) in [5, 5.41) is 4.71. The Morgan fingerprint density at radius 3 is 2.71 bits per heavy atom. The number of rotatable bonds is 6. The van der Waals surface area contributed by atoms with Gasteiger partial charge in [-0.3, -0.25) is 4.79 Å². The molecule has 1 atom stereocenters. The molecule has 196 valence electrons. The summed E-state index contributed by atoms with van der Waals surface area (Å²) in [6, 6.07) is 13.6. The number of hydrogen-bond donors (Lipinski definition) is 1. The Balaban J connectivity index is 1.18. The number of ether oxygens (including phenoxy) is 1. The molecule has 1 aliphatic heterocycles. The number of piperidine rings is 1. The number of aromatic nitrogens is 2. The molecule has 3 heterocycles. The van der Waals surface area contributed by atoms with E-state index in [0.29, 0.717) is 30.5 Å². The molecule has 38 heavy (non-hydrogen) atoms. The summed E-state index contributed by atoms with van der Waals surface area (Å²) >= 11 is 1.53. The molecule has 0 spiro atoms. The molecule has 1 aliphatic carbocycles. The minimum atomic E-state index is -0.545. The molecule has 1 N–H and O–H groups in total. The largest absolute Gasteiger partial charge is 0.412 e. The van der Waals surface area contributed by atoms with Crippen molar-refractivity contribution >= 4 is 34.2 Å². The lowest BCUT2D eigenvalue weighted by Gasteiger charge is -2.35. The maximum Gasteiger partial charge on any atom is 0.412 e. The van der Waals surface area contributed by atoms with Gasteiger partial charge >= 0.3 is 6.09 Å². The van der Waals surface area contributed by atoms with Crippen molar-refractivity contribution in [3.8, 4) is 16.2 Å². The average Bonchev–Trinajstić information content (AvgIpc) is 3.58. The highest BCUT2D eigenvalue weighted by atomic mass is 32.1. The van der Waals surface area contributed by atoms with Gasteiger partial charge in [0, 0.05) is 43.7 Å². The first-order valence-electron chi connectivity index (χ1n) is 13.1. The minimum absolute atomic E-state index is 0.138. The number of carbonyl (C=O) groups is 2. The summed E-state index contributed by atoms with van der Waals surface area (Å²) in [6.07, 6.45) is 6.20. The van der Waals surface area contributed by atoms with E-state index < -0.39 is 6.09 Å². The number of nitrogens with one attached hydrogen (secondary N) is 1. The van der Waals surface area contributed by atoms with Gasteiger partial charge in [0.05, 0.1) is 15.4 Å². The van der Waals surface area contributed by atoms with Crippen molar-refractivity contribution in [3.05, 3.63) is 71.2 Å². The molecule has 2 aromatic heterocycles. The molecule has 2 amide bonds. The van der Waals surface area contributed by atoms with Gasteiger partial charge in [-0.1, -0.05) is 18.2 Å². The van der Waals surface area contributed by atoms with E-state index in [1.807, 2.05) is 40.9 Å². The molecular formula is C29H29FN4O3S. The Morgan fingerprint density at radius 1 is 1.11 bits per heavy atom. The fourth-order valence-corrected chi connectivity index (χ4v) is 6.33. The number of hydrogen-bond acceptors (Lipinski definition) is 5. The quantitative estimate of drug-likeness (QED) is 0.326. The number of halogens is 1. The van der Waals surface area contributed by atoms with Gasteiger partial charge in [0.15, 0.2) is 0 Å². The van der Waals surface area contributed by atoms with Gasteiger partial charge in [0.2, 0.25) is 0 Å². The maximum atomic E-state index is 13.9. The Bertz CT molecular complexity index is 1490. The van der Waals surface area contributed by atoms with Crippen LogP contribution in [0.25, 0.3) is 21.3 Å². The molecule has 7 nitrogen and oxygen atoms in total. The molecule has 1 saturated carbocycles. The van der Waals surface area contributed by atoms with E-state index in [-0.39, 0.29) is 17.8 Å². The molecule has 0 unspecified atom stereocenters. The van der Waals surface area contributed by atoms with E-state index in [0.717, 1.165) is 58.5 Å². The van der Waals surface area contributed by atoms with Crippen LogP contribution in [0.4, 0.5) is 9.18 Å². The standard InChI is InChI=1S/C29H29FN4O3S/c1-33-16-14-22-23(33)6-4-7-24(22)37-29(36)31-17-21-5-2-3-15-34(21)28(35)25-26(18-10-12-20(30)13-11-18)38-27(32-25)19-8-9-19/h4,6-7,10-14,16,19,21H,2-3,5,8-9,15,17H2,1H3,(H,31,36)/t21-/m0/s1.